The van der Waals surface area contributed by atoms with Crippen molar-refractivity contribution in [2.75, 3.05) is 13.2 Å². The van der Waals surface area contributed by atoms with Gasteiger partial charge in [0.05, 0.1) is 24.4 Å². The molecule has 1 aliphatic heterocycles. The minimum atomic E-state index is -5.35. The Bertz CT molecular complexity index is 1890. The van der Waals surface area contributed by atoms with Gasteiger partial charge < -0.3 is 25.6 Å². The van der Waals surface area contributed by atoms with Crippen LogP contribution in [-0.4, -0.2) is 57.1 Å². The molecular formula is C32H29F4N5O5. The number of pyridine rings is 1. The first-order valence-corrected chi connectivity index (χ1v) is 14.8. The van der Waals surface area contributed by atoms with Crippen molar-refractivity contribution in [1.29, 1.82) is 0 Å². The molecule has 0 spiro atoms. The number of halogens is 4. The molecule has 0 unspecified atom stereocenters. The molecule has 46 heavy (non-hydrogen) atoms. The van der Waals surface area contributed by atoms with Crippen LogP contribution in [0.4, 0.5) is 17.6 Å². The van der Waals surface area contributed by atoms with Crippen molar-refractivity contribution < 1.29 is 41.7 Å². The van der Waals surface area contributed by atoms with Gasteiger partial charge in [-0.15, -0.1) is 0 Å². The fourth-order valence-corrected chi connectivity index (χ4v) is 5.48. The first kappa shape index (κ1) is 30.0. The van der Waals surface area contributed by atoms with Crippen LogP contribution < -0.4 is 20.5 Å². The maximum atomic E-state index is 14.8. The zero-order chi connectivity index (χ0) is 32.6. The molecule has 3 heterocycles. The highest BCUT2D eigenvalue weighted by atomic mass is 19.4. The van der Waals surface area contributed by atoms with Crippen molar-refractivity contribution in [3.63, 3.8) is 0 Å². The van der Waals surface area contributed by atoms with E-state index in [0.29, 0.717) is 16.7 Å². The second-order valence-corrected chi connectivity index (χ2v) is 12.3. The fourth-order valence-electron chi connectivity index (χ4n) is 5.48. The number of nitrogens with one attached hydrogen (secondary N) is 1. The summed E-state index contributed by atoms with van der Waals surface area (Å²) in [5.74, 6) is -2.03. The smallest absolute Gasteiger partial charge is 0.424 e. The molecule has 2 saturated carbocycles. The number of hydrogen-bond donors (Lipinski definition) is 3. The van der Waals surface area contributed by atoms with Crippen LogP contribution in [0.25, 0.3) is 22.2 Å². The van der Waals surface area contributed by atoms with Gasteiger partial charge in [-0.3, -0.25) is 14.3 Å². The Labute approximate surface area is 259 Å². The molecule has 0 radical (unpaired) electrons. The van der Waals surface area contributed by atoms with Gasteiger partial charge in [-0.1, -0.05) is 0 Å². The SMILES string of the molecule is C[C@]1(C(N)=O)COc2c1cc([C@@](O)(CNC(=O)c1cc(OC3CC3)c3nn(C4CC4)cc3c1)C(F)(F)F)nc2-c1ccc(F)cc1. The highest BCUT2D eigenvalue weighted by Gasteiger charge is 2.57. The molecule has 4 aromatic rings. The number of aromatic nitrogens is 3. The molecule has 2 aliphatic carbocycles. The van der Waals surface area contributed by atoms with Gasteiger partial charge in [0.25, 0.3) is 5.91 Å². The molecule has 0 bridgehead atoms. The van der Waals surface area contributed by atoms with Gasteiger partial charge in [-0.05, 0) is 75.1 Å². The molecule has 4 N–H and O–H groups in total. The van der Waals surface area contributed by atoms with Gasteiger partial charge in [0.2, 0.25) is 11.5 Å². The van der Waals surface area contributed by atoms with Gasteiger partial charge in [-0.2, -0.15) is 18.3 Å². The number of primary amides is 1. The molecule has 2 aromatic heterocycles. The summed E-state index contributed by atoms with van der Waals surface area (Å²) in [6, 6.07) is 8.84. The van der Waals surface area contributed by atoms with E-state index in [9.17, 15) is 32.3 Å². The summed E-state index contributed by atoms with van der Waals surface area (Å²) in [6.45, 7) is -0.212. The molecule has 14 heteroatoms. The number of amides is 2. The lowest BCUT2D eigenvalue weighted by atomic mass is 9.81. The molecule has 0 saturated heterocycles. The molecule has 2 aromatic carbocycles. The monoisotopic (exact) mass is 639 g/mol. The number of benzene rings is 2. The van der Waals surface area contributed by atoms with E-state index in [1.165, 1.54) is 31.2 Å². The summed E-state index contributed by atoms with van der Waals surface area (Å²) in [7, 11) is 0. The molecule has 240 valence electrons. The first-order valence-electron chi connectivity index (χ1n) is 14.8. The van der Waals surface area contributed by atoms with Crippen LogP contribution in [-0.2, 0) is 15.8 Å². The number of carbonyl (C=O) groups excluding carboxylic acids is 2. The van der Waals surface area contributed by atoms with E-state index in [1.54, 1.807) is 10.9 Å². The quantitative estimate of drug-likeness (QED) is 0.230. The zero-order valence-electron chi connectivity index (χ0n) is 24.5. The molecule has 10 nitrogen and oxygen atoms in total. The Hall–Kier alpha value is -4.72. The third-order valence-corrected chi connectivity index (χ3v) is 8.72. The van der Waals surface area contributed by atoms with Gasteiger partial charge in [0.1, 0.15) is 40.5 Å². The van der Waals surface area contributed by atoms with Crippen molar-refractivity contribution in [1.82, 2.24) is 20.1 Å². The molecule has 3 aliphatic rings. The van der Waals surface area contributed by atoms with Gasteiger partial charge in [0.15, 0.2) is 0 Å². The number of nitrogens with zero attached hydrogens (tertiary/aromatic N) is 3. The Morgan fingerprint density at radius 1 is 1.15 bits per heavy atom. The van der Waals surface area contributed by atoms with E-state index >= 15 is 0 Å². The second-order valence-electron chi connectivity index (χ2n) is 12.3. The van der Waals surface area contributed by atoms with Crippen molar-refractivity contribution in [3.8, 4) is 22.8 Å². The van der Waals surface area contributed by atoms with Crippen molar-refractivity contribution in [2.24, 2.45) is 5.73 Å². The van der Waals surface area contributed by atoms with Crippen LogP contribution in [0.15, 0.2) is 48.7 Å². The lowest BCUT2D eigenvalue weighted by molar-refractivity contribution is -0.265. The third kappa shape index (κ3) is 5.10. The van der Waals surface area contributed by atoms with Crippen LogP contribution in [0.3, 0.4) is 0 Å². The zero-order valence-corrected chi connectivity index (χ0v) is 24.5. The average molecular weight is 640 g/mol. The second kappa shape index (κ2) is 10.4. The van der Waals surface area contributed by atoms with Crippen LogP contribution in [0.5, 0.6) is 11.5 Å². The van der Waals surface area contributed by atoms with Crippen LogP contribution in [0.2, 0.25) is 0 Å². The lowest BCUT2D eigenvalue weighted by Gasteiger charge is -2.31. The topological polar surface area (TPSA) is 142 Å². The Kier molecular flexibility index (Phi) is 6.78. The molecule has 2 fully saturated rings. The highest BCUT2D eigenvalue weighted by molar-refractivity contribution is 6.00. The first-order chi connectivity index (χ1) is 21.8. The number of fused-ring (bicyclic) bond motifs is 2. The minimum Gasteiger partial charge on any atom is -0.489 e. The predicted molar refractivity (Wildman–Crippen MR) is 156 cm³/mol. The van der Waals surface area contributed by atoms with Crippen LogP contribution in [0.1, 0.15) is 60.3 Å². The van der Waals surface area contributed by atoms with E-state index in [2.05, 4.69) is 15.4 Å². The Morgan fingerprint density at radius 2 is 1.87 bits per heavy atom. The van der Waals surface area contributed by atoms with Gasteiger partial charge in [-0.25, -0.2) is 9.37 Å². The average Bonchev–Trinajstić information content (AvgIpc) is 3.95. The fraction of sp³-hybridized carbons (Fsp3) is 0.375. The maximum absolute atomic E-state index is 14.8. The largest absolute Gasteiger partial charge is 0.489 e. The molecule has 2 amide bonds. The van der Waals surface area contributed by atoms with E-state index in [1.807, 2.05) is 0 Å². The summed E-state index contributed by atoms with van der Waals surface area (Å²) in [6.07, 6.45) is 0.0274. The summed E-state index contributed by atoms with van der Waals surface area (Å²) < 4.78 is 71.6. The number of aliphatic hydroxyl groups is 1. The van der Waals surface area contributed by atoms with Crippen LogP contribution >= 0.6 is 0 Å². The maximum Gasteiger partial charge on any atom is 0.424 e. The number of nitrogens with two attached hydrogens (primary N) is 1. The summed E-state index contributed by atoms with van der Waals surface area (Å²) in [5, 5.41) is 18.8. The standard InChI is InChI=1S/C32H29F4N5O5/c1-30(29(37)43)15-45-27-22(30)12-24(39-26(27)16-2-4-19(33)5-3-16)31(44,32(34,35)36)14-38-28(42)17-10-18-13-41(20-6-7-20)40-25(18)23(11-17)46-21-8-9-21/h2-5,10-13,20-21,44H,6-9,14-15H2,1H3,(H2,37,43)(H,38,42)/t30-,31-/m0/s1. The molecule has 7 rings (SSSR count). The number of alkyl halides is 3. The van der Waals surface area contributed by atoms with Crippen molar-refractivity contribution in [2.45, 2.75) is 61.9 Å². The van der Waals surface area contributed by atoms with Gasteiger partial charge >= 0.3 is 6.18 Å². The van der Waals surface area contributed by atoms with Gasteiger partial charge in [0, 0.05) is 28.3 Å². The summed E-state index contributed by atoms with van der Waals surface area (Å²) >= 11 is 0. The Balaban J connectivity index is 1.26. The number of rotatable bonds is 9. The van der Waals surface area contributed by atoms with E-state index in [-0.39, 0.29) is 46.9 Å². The summed E-state index contributed by atoms with van der Waals surface area (Å²) in [4.78, 5) is 30.0. The Morgan fingerprint density at radius 3 is 2.50 bits per heavy atom. The highest BCUT2D eigenvalue weighted by Crippen LogP contribution is 2.48. The lowest BCUT2D eigenvalue weighted by Crippen LogP contribution is -2.51. The minimum absolute atomic E-state index is 0.0199. The summed E-state index contributed by atoms with van der Waals surface area (Å²) in [5.41, 5.74) is -0.00919. The molecule has 2 atom stereocenters. The third-order valence-electron chi connectivity index (χ3n) is 8.72. The predicted octanol–water partition coefficient (Wildman–Crippen LogP) is 4.43. The molecular weight excluding hydrogens is 610 g/mol. The van der Waals surface area contributed by atoms with E-state index in [4.69, 9.17) is 15.2 Å². The number of ether oxygens (including phenoxy) is 2. The van der Waals surface area contributed by atoms with E-state index < -0.39 is 47.1 Å². The normalized spacial score (nSPS) is 20.6. The van der Waals surface area contributed by atoms with Crippen molar-refractivity contribution >= 4 is 22.7 Å². The van der Waals surface area contributed by atoms with Crippen LogP contribution in [0, 0.1) is 5.82 Å². The number of carbonyl (C=O) groups is 2. The van der Waals surface area contributed by atoms with Crippen molar-refractivity contribution in [3.05, 3.63) is 71.3 Å². The van der Waals surface area contributed by atoms with E-state index in [0.717, 1.165) is 43.9 Å². The number of hydrogen-bond acceptors (Lipinski definition) is 7.